The van der Waals surface area contributed by atoms with Crippen LogP contribution in [0.2, 0.25) is 0 Å². The Morgan fingerprint density at radius 3 is 2.88 bits per heavy atom. The van der Waals surface area contributed by atoms with Crippen molar-refractivity contribution >= 4 is 23.6 Å². The van der Waals surface area contributed by atoms with Crippen LogP contribution < -0.4 is 10.5 Å². The molecule has 86 valence electrons. The number of benzene rings is 1. The lowest BCUT2D eigenvalue weighted by molar-refractivity contribution is 0.1000. The minimum Gasteiger partial charge on any atom is -0.497 e. The van der Waals surface area contributed by atoms with E-state index >= 15 is 0 Å². The quantitative estimate of drug-likeness (QED) is 0.803. The van der Waals surface area contributed by atoms with E-state index in [1.54, 1.807) is 25.3 Å². The molecule has 0 fully saturated rings. The number of nitrogens with two attached hydrogens (primary N) is 1. The molecule has 0 aliphatic carbocycles. The molecule has 1 rings (SSSR count). The molecule has 0 bridgehead atoms. The van der Waals surface area contributed by atoms with E-state index in [-0.39, 0.29) is 0 Å². The second-order valence-corrected chi connectivity index (χ2v) is 3.58. The number of alkyl halides is 1. The molecule has 0 aliphatic rings. The molecule has 1 amide bonds. The van der Waals surface area contributed by atoms with E-state index in [1.807, 2.05) is 12.2 Å². The van der Waals surface area contributed by atoms with Crippen LogP contribution >= 0.6 is 11.6 Å². The summed E-state index contributed by atoms with van der Waals surface area (Å²) in [4.78, 5) is 11.2. The van der Waals surface area contributed by atoms with Crippen LogP contribution in [0.3, 0.4) is 0 Å². The van der Waals surface area contributed by atoms with E-state index in [1.165, 1.54) is 0 Å². The molecule has 16 heavy (non-hydrogen) atoms. The van der Waals surface area contributed by atoms with E-state index in [0.717, 1.165) is 12.0 Å². The second-order valence-electron chi connectivity index (χ2n) is 3.20. The fourth-order valence-corrected chi connectivity index (χ4v) is 1.42. The summed E-state index contributed by atoms with van der Waals surface area (Å²) in [7, 11) is 1.54. The lowest BCUT2D eigenvalue weighted by Gasteiger charge is -2.05. The average Bonchev–Trinajstić information content (AvgIpc) is 2.29. The summed E-state index contributed by atoms with van der Waals surface area (Å²) < 4.78 is 5.03. The second kappa shape index (κ2) is 6.18. The number of methoxy groups -OCH3 is 1. The summed E-state index contributed by atoms with van der Waals surface area (Å²) in [5.74, 6) is 0.700. The predicted molar refractivity (Wildman–Crippen MR) is 65.9 cm³/mol. The Balaban J connectivity index is 3.03. The molecule has 0 radical (unpaired) electrons. The van der Waals surface area contributed by atoms with Crippen LogP contribution in [0.25, 0.3) is 6.08 Å². The van der Waals surface area contributed by atoms with E-state index in [4.69, 9.17) is 22.1 Å². The van der Waals surface area contributed by atoms with E-state index in [2.05, 4.69) is 0 Å². The normalized spacial score (nSPS) is 10.6. The molecular weight excluding hydrogens is 226 g/mol. The monoisotopic (exact) mass is 239 g/mol. The molecule has 0 aromatic heterocycles. The lowest BCUT2D eigenvalue weighted by Crippen LogP contribution is -2.12. The summed E-state index contributed by atoms with van der Waals surface area (Å²) in [5, 5.41) is 0. The van der Waals surface area contributed by atoms with Gasteiger partial charge in [0.25, 0.3) is 0 Å². The maximum atomic E-state index is 11.2. The number of halogens is 1. The van der Waals surface area contributed by atoms with Gasteiger partial charge in [-0.2, -0.15) is 0 Å². The Kier molecular flexibility index (Phi) is 4.86. The minimum absolute atomic E-state index is 0.449. The Hall–Kier alpha value is -1.48. The van der Waals surface area contributed by atoms with Crippen molar-refractivity contribution in [3.05, 3.63) is 35.4 Å². The third-order valence-corrected chi connectivity index (χ3v) is 2.32. The van der Waals surface area contributed by atoms with Gasteiger partial charge in [0, 0.05) is 11.4 Å². The smallest absolute Gasteiger partial charge is 0.249 e. The number of allylic oxidation sites excluding steroid dienone is 1. The molecule has 4 heteroatoms. The van der Waals surface area contributed by atoms with E-state index < -0.39 is 5.91 Å². The van der Waals surface area contributed by atoms with Crippen molar-refractivity contribution in [2.75, 3.05) is 13.0 Å². The van der Waals surface area contributed by atoms with Crippen molar-refractivity contribution in [2.24, 2.45) is 5.73 Å². The summed E-state index contributed by atoms with van der Waals surface area (Å²) in [5.41, 5.74) is 6.51. The van der Waals surface area contributed by atoms with Crippen molar-refractivity contribution in [1.82, 2.24) is 0 Å². The van der Waals surface area contributed by atoms with Gasteiger partial charge in [-0.1, -0.05) is 18.2 Å². The number of rotatable bonds is 5. The van der Waals surface area contributed by atoms with Crippen molar-refractivity contribution in [2.45, 2.75) is 6.42 Å². The fraction of sp³-hybridized carbons (Fsp3) is 0.250. The van der Waals surface area contributed by atoms with Crippen molar-refractivity contribution < 1.29 is 9.53 Å². The van der Waals surface area contributed by atoms with E-state index in [0.29, 0.717) is 17.2 Å². The third kappa shape index (κ3) is 3.28. The molecule has 1 aromatic rings. The molecule has 0 aliphatic heterocycles. The Bertz CT molecular complexity index is 402. The van der Waals surface area contributed by atoms with Gasteiger partial charge in [-0.15, -0.1) is 11.6 Å². The van der Waals surface area contributed by atoms with Gasteiger partial charge in [0.2, 0.25) is 5.91 Å². The topological polar surface area (TPSA) is 52.3 Å². The average molecular weight is 240 g/mol. The maximum Gasteiger partial charge on any atom is 0.249 e. The van der Waals surface area contributed by atoms with Gasteiger partial charge in [0.1, 0.15) is 5.75 Å². The molecule has 3 nitrogen and oxygen atoms in total. The standard InChI is InChI=1S/C12H14ClNO2/c1-16-10-6-5-9(4-2-3-7-13)11(8-10)12(14)15/h2,4-6,8H,3,7H2,1H3,(H2,14,15). The molecule has 0 atom stereocenters. The third-order valence-electron chi connectivity index (χ3n) is 2.10. The molecule has 0 saturated carbocycles. The van der Waals surface area contributed by atoms with Crippen LogP contribution in [-0.4, -0.2) is 18.9 Å². The highest BCUT2D eigenvalue weighted by Gasteiger charge is 2.07. The first kappa shape index (κ1) is 12.6. The first-order chi connectivity index (χ1) is 7.69. The van der Waals surface area contributed by atoms with Crippen LogP contribution in [0, 0.1) is 0 Å². The molecule has 0 saturated heterocycles. The van der Waals surface area contributed by atoms with Gasteiger partial charge in [0.15, 0.2) is 0 Å². The number of carbonyl (C=O) groups excluding carboxylic acids is 1. The highest BCUT2D eigenvalue weighted by atomic mass is 35.5. The number of carbonyl (C=O) groups is 1. The molecular formula is C12H14ClNO2. The Labute approximate surface area is 99.8 Å². The molecule has 1 aromatic carbocycles. The highest BCUT2D eigenvalue weighted by Crippen LogP contribution is 2.18. The fourth-order valence-electron chi connectivity index (χ4n) is 1.29. The first-order valence-electron chi connectivity index (χ1n) is 4.89. The van der Waals surface area contributed by atoms with Crippen molar-refractivity contribution in [1.29, 1.82) is 0 Å². The van der Waals surface area contributed by atoms with Crippen LogP contribution in [0.1, 0.15) is 22.3 Å². The van der Waals surface area contributed by atoms with E-state index in [9.17, 15) is 4.79 Å². The SMILES string of the molecule is COc1ccc(C=CCCCl)c(C(N)=O)c1. The van der Waals surface area contributed by atoms with Gasteiger partial charge >= 0.3 is 0 Å². The van der Waals surface area contributed by atoms with Crippen molar-refractivity contribution in [3.8, 4) is 5.75 Å². The Morgan fingerprint density at radius 2 is 2.31 bits per heavy atom. The van der Waals surface area contributed by atoms with Gasteiger partial charge in [-0.3, -0.25) is 4.79 Å². The van der Waals surface area contributed by atoms with Crippen molar-refractivity contribution in [3.63, 3.8) is 0 Å². The molecule has 0 unspecified atom stereocenters. The van der Waals surface area contributed by atoms with Crippen LogP contribution in [0.5, 0.6) is 5.75 Å². The summed E-state index contributed by atoms with van der Waals surface area (Å²) in [6.45, 7) is 0. The molecule has 0 spiro atoms. The number of hydrogen-bond donors (Lipinski definition) is 1. The minimum atomic E-state index is -0.468. The summed E-state index contributed by atoms with van der Waals surface area (Å²) in [6, 6.07) is 5.21. The number of hydrogen-bond acceptors (Lipinski definition) is 2. The zero-order valence-electron chi connectivity index (χ0n) is 9.07. The predicted octanol–water partition coefficient (Wildman–Crippen LogP) is 2.44. The van der Waals surface area contributed by atoms with Gasteiger partial charge < -0.3 is 10.5 Å². The van der Waals surface area contributed by atoms with Gasteiger partial charge in [0.05, 0.1) is 7.11 Å². The highest BCUT2D eigenvalue weighted by molar-refractivity contribution is 6.17. The zero-order chi connectivity index (χ0) is 12.0. The zero-order valence-corrected chi connectivity index (χ0v) is 9.83. The number of ether oxygens (including phenoxy) is 1. The summed E-state index contributed by atoms with van der Waals surface area (Å²) >= 11 is 5.55. The first-order valence-corrected chi connectivity index (χ1v) is 5.43. The number of amides is 1. The summed E-state index contributed by atoms with van der Waals surface area (Å²) in [6.07, 6.45) is 4.49. The van der Waals surface area contributed by atoms with Gasteiger partial charge in [-0.05, 0) is 24.1 Å². The van der Waals surface area contributed by atoms with Crippen LogP contribution in [-0.2, 0) is 0 Å². The maximum absolute atomic E-state index is 11.2. The van der Waals surface area contributed by atoms with Crippen LogP contribution in [0.4, 0.5) is 0 Å². The largest absolute Gasteiger partial charge is 0.497 e. The van der Waals surface area contributed by atoms with Crippen LogP contribution in [0.15, 0.2) is 24.3 Å². The van der Waals surface area contributed by atoms with Gasteiger partial charge in [-0.25, -0.2) is 0 Å². The lowest BCUT2D eigenvalue weighted by atomic mass is 10.1. The number of primary amides is 1. The molecule has 2 N–H and O–H groups in total. The molecule has 0 heterocycles. The Morgan fingerprint density at radius 1 is 1.56 bits per heavy atom.